The van der Waals surface area contributed by atoms with Crippen LogP contribution in [0.2, 0.25) is 0 Å². The zero-order chi connectivity index (χ0) is 82.7. The highest BCUT2D eigenvalue weighted by Crippen LogP contribution is 2.51. The number of para-hydroxylation sites is 2. The molecule has 0 fully saturated rings. The van der Waals surface area contributed by atoms with Crippen LogP contribution < -0.4 is 14.7 Å². The van der Waals surface area contributed by atoms with E-state index >= 15 is 0 Å². The van der Waals surface area contributed by atoms with Crippen LogP contribution in [0.15, 0.2) is 491 Å². The van der Waals surface area contributed by atoms with E-state index in [4.69, 9.17) is 0 Å². The third-order valence-electron chi connectivity index (χ3n) is 25.3. The van der Waals surface area contributed by atoms with Crippen molar-refractivity contribution in [3.63, 3.8) is 0 Å². The van der Waals surface area contributed by atoms with Gasteiger partial charge in [0.05, 0.1) is 0 Å². The molecule has 0 unspecified atom stereocenters. The molecule has 0 radical (unpaired) electrons. The predicted molar refractivity (Wildman–Crippen MR) is 537 cm³/mol. The van der Waals surface area contributed by atoms with E-state index in [-0.39, 0.29) is 0 Å². The first-order valence-corrected chi connectivity index (χ1v) is 43.1. The Morgan fingerprint density at radius 3 is 0.824 bits per heavy atom. The molecule has 3 nitrogen and oxygen atoms in total. The smallest absolute Gasteiger partial charge is 0.0468 e. The normalized spacial score (nSPS) is 11.5. The van der Waals surface area contributed by atoms with Crippen molar-refractivity contribution in [3.05, 3.63) is 491 Å². The summed E-state index contributed by atoms with van der Waals surface area (Å²) in [6.07, 6.45) is 0. The van der Waals surface area contributed by atoms with Crippen LogP contribution in [0.4, 0.5) is 51.2 Å². The molecule has 0 atom stereocenters. The van der Waals surface area contributed by atoms with Crippen LogP contribution in [0.3, 0.4) is 0 Å². The van der Waals surface area contributed by atoms with Gasteiger partial charge in [0.25, 0.3) is 0 Å². The quantitative estimate of drug-likeness (QED) is 0.113. The van der Waals surface area contributed by atoms with Gasteiger partial charge in [-0.2, -0.15) is 0 Å². The van der Waals surface area contributed by atoms with Crippen molar-refractivity contribution in [1.82, 2.24) is 0 Å². The zero-order valence-corrected chi connectivity index (χ0v) is 68.6. The molecule has 3 heteroatoms. The Morgan fingerprint density at radius 2 is 0.368 bits per heavy atom. The number of benzene rings is 24. The van der Waals surface area contributed by atoms with Crippen molar-refractivity contribution in [3.8, 4) is 55.6 Å². The summed E-state index contributed by atoms with van der Waals surface area (Å²) < 4.78 is 0. The summed E-state index contributed by atoms with van der Waals surface area (Å²) in [6.45, 7) is 0. The summed E-state index contributed by atoms with van der Waals surface area (Å²) in [4.78, 5) is 7.08. The second-order valence-corrected chi connectivity index (χ2v) is 32.7. The number of fused-ring (bicyclic) bond motifs is 15. The molecule has 0 N–H and O–H groups in total. The highest BCUT2D eigenvalue weighted by Gasteiger charge is 2.25. The van der Waals surface area contributed by atoms with E-state index in [0.717, 1.165) is 51.2 Å². The molecule has 584 valence electrons. The van der Waals surface area contributed by atoms with E-state index in [2.05, 4.69) is 506 Å². The molecule has 0 saturated heterocycles. The molecule has 0 aliphatic heterocycles. The van der Waals surface area contributed by atoms with Crippen molar-refractivity contribution in [2.24, 2.45) is 0 Å². The lowest BCUT2D eigenvalue weighted by Gasteiger charge is -2.26. The molecule has 24 aromatic rings. The van der Waals surface area contributed by atoms with Gasteiger partial charge in [-0.3, -0.25) is 0 Å². The van der Waals surface area contributed by atoms with Gasteiger partial charge < -0.3 is 14.7 Å². The van der Waals surface area contributed by atoms with E-state index in [9.17, 15) is 0 Å². The molecule has 25 rings (SSSR count). The fourth-order valence-corrected chi connectivity index (χ4v) is 19.3. The van der Waals surface area contributed by atoms with E-state index in [1.54, 1.807) is 0 Å². The van der Waals surface area contributed by atoms with Crippen molar-refractivity contribution < 1.29 is 0 Å². The summed E-state index contributed by atoms with van der Waals surface area (Å²) in [7, 11) is 0. The van der Waals surface area contributed by atoms with Crippen LogP contribution in [-0.4, -0.2) is 0 Å². The van der Waals surface area contributed by atoms with E-state index in [1.807, 2.05) is 0 Å². The maximum absolute atomic E-state index is 2.39. The van der Waals surface area contributed by atoms with Crippen LogP contribution >= 0.6 is 0 Å². The molecule has 24 aromatic carbocycles. The minimum atomic E-state index is 1.13. The molecule has 125 heavy (non-hydrogen) atoms. The first kappa shape index (κ1) is 73.7. The van der Waals surface area contributed by atoms with Crippen LogP contribution in [0, 0.1) is 0 Å². The number of hydrogen-bond acceptors (Lipinski definition) is 3. The maximum Gasteiger partial charge on any atom is 0.0468 e. The van der Waals surface area contributed by atoms with Gasteiger partial charge in [0.2, 0.25) is 0 Å². The molecule has 0 heterocycles. The highest BCUT2D eigenvalue weighted by molar-refractivity contribution is 6.20. The minimum absolute atomic E-state index is 1.13. The molecule has 1 aliphatic rings. The van der Waals surface area contributed by atoms with Gasteiger partial charge in [0.15, 0.2) is 0 Å². The minimum Gasteiger partial charge on any atom is -0.310 e. The van der Waals surface area contributed by atoms with Gasteiger partial charge in [0, 0.05) is 51.2 Å². The average Bonchev–Trinajstić information content (AvgIpc) is 1.60. The van der Waals surface area contributed by atoms with Crippen LogP contribution in [0.5, 0.6) is 0 Å². The fourth-order valence-electron chi connectivity index (χ4n) is 19.3. The molecular formula is C122H81N3. The first-order chi connectivity index (χ1) is 61.9. The number of hydrogen-bond donors (Lipinski definition) is 0. The number of rotatable bonds is 12. The van der Waals surface area contributed by atoms with Gasteiger partial charge in [-0.25, -0.2) is 0 Å². The highest BCUT2D eigenvalue weighted by atomic mass is 15.2. The molecule has 0 bridgehead atoms. The van der Waals surface area contributed by atoms with Crippen LogP contribution in [-0.2, 0) is 0 Å². The second-order valence-electron chi connectivity index (χ2n) is 32.7. The van der Waals surface area contributed by atoms with Crippen molar-refractivity contribution >= 4 is 170 Å². The molecular weight excluding hydrogens is 1510 g/mol. The zero-order valence-electron chi connectivity index (χ0n) is 68.6. The SMILES string of the molecule is c1ccc(N(c2ccccc2)c2cccc(-c3ccc4c5c(cccc35)-c3ccccc3-4)c2)cc1.c1ccc2cc(N(c3ccc4ccccc4c3)c3ccc4cc(-c5cc6ccccc6c6ccccc56)ccc4c3)ccc2c1.c1ccc2cc(N(c3ccc4ccccc4c3)c3ccc4ccc(-c5cc6ccccc6c6ccccc56)cc4c3)ccc2c1. The lowest BCUT2D eigenvalue weighted by molar-refractivity contribution is 1.28. The molecule has 0 aromatic heterocycles. The summed E-state index contributed by atoms with van der Waals surface area (Å²) in [5, 5.41) is 27.7. The number of nitrogens with zero attached hydrogens (tertiary/aromatic N) is 3. The van der Waals surface area contributed by atoms with E-state index in [0.29, 0.717) is 0 Å². The Labute approximate surface area is 726 Å². The Morgan fingerprint density at radius 1 is 0.104 bits per heavy atom. The number of anilines is 9. The molecule has 0 saturated carbocycles. The Hall–Kier alpha value is -16.5. The van der Waals surface area contributed by atoms with Crippen molar-refractivity contribution in [1.29, 1.82) is 0 Å². The summed E-state index contributed by atoms with van der Waals surface area (Å²) in [5.74, 6) is 0. The van der Waals surface area contributed by atoms with Gasteiger partial charge in [-0.15, -0.1) is 0 Å². The van der Waals surface area contributed by atoms with Gasteiger partial charge in [-0.1, -0.05) is 358 Å². The maximum atomic E-state index is 2.39. The standard InChI is InChI=1S/2C44H29N.C34H23N/c1-3-11-33-26-38(22-19-30(33)9-1)45(39-23-20-31-10-2-4-12-34(31)27-39)40-24-21-32-17-18-36(25-37(32)28-40)44-29-35-13-5-6-14-41(35)42-15-7-8-16-43(42)44;1-3-11-32-26-38(22-19-30(32)9-1)45(39-23-20-31-10-2-4-12-33(31)27-39)40-24-21-34-25-37(18-17-35(34)28-40)44-29-36-13-5-6-14-41(36)42-15-7-8-16-43(42)44;1-3-12-25(13-4-1)35(26-14-5-2-6-15-26)27-16-9-11-24(23-27)28-21-22-33-30-18-8-7-17-29(30)32-20-10-19-31(28)34(32)33/h2*1-29H;1-23H. The van der Waals surface area contributed by atoms with Gasteiger partial charge >= 0.3 is 0 Å². The molecule has 0 amide bonds. The van der Waals surface area contributed by atoms with Gasteiger partial charge in [0.1, 0.15) is 0 Å². The second kappa shape index (κ2) is 31.6. The van der Waals surface area contributed by atoms with E-state index in [1.165, 1.54) is 174 Å². The fraction of sp³-hybridized carbons (Fsp3) is 0. The lowest BCUT2D eigenvalue weighted by Crippen LogP contribution is -2.10. The summed E-state index contributed by atoms with van der Waals surface area (Å²) in [6, 6.07) is 178. The van der Waals surface area contributed by atoms with Crippen molar-refractivity contribution in [2.75, 3.05) is 14.7 Å². The Bertz CT molecular complexity index is 8110. The third-order valence-corrected chi connectivity index (χ3v) is 25.3. The average molecular weight is 1590 g/mol. The lowest BCUT2D eigenvalue weighted by atomic mass is 9.92. The molecule has 0 spiro atoms. The summed E-state index contributed by atoms with van der Waals surface area (Å²) in [5.41, 5.74) is 23.1. The van der Waals surface area contributed by atoms with Crippen LogP contribution in [0.25, 0.3) is 174 Å². The van der Waals surface area contributed by atoms with Crippen molar-refractivity contribution in [2.45, 2.75) is 0 Å². The van der Waals surface area contributed by atoms with E-state index < -0.39 is 0 Å². The topological polar surface area (TPSA) is 9.72 Å². The third kappa shape index (κ3) is 13.7. The van der Waals surface area contributed by atoms with Gasteiger partial charge in [-0.05, 0) is 308 Å². The summed E-state index contributed by atoms with van der Waals surface area (Å²) >= 11 is 0. The largest absolute Gasteiger partial charge is 0.310 e. The van der Waals surface area contributed by atoms with Crippen LogP contribution in [0.1, 0.15) is 0 Å². The molecule has 1 aliphatic carbocycles. The Balaban J connectivity index is 0.000000109. The monoisotopic (exact) mass is 1590 g/mol. The Kier molecular flexibility index (Phi) is 18.6. The first-order valence-electron chi connectivity index (χ1n) is 43.1. The predicted octanol–water partition coefficient (Wildman–Crippen LogP) is 34.8.